The first-order valence-electron chi connectivity index (χ1n) is 12.9. The highest BCUT2D eigenvalue weighted by molar-refractivity contribution is 5.96. The normalized spacial score (nSPS) is 17.4. The van der Waals surface area contributed by atoms with Gasteiger partial charge in [-0.2, -0.15) is 5.26 Å². The summed E-state index contributed by atoms with van der Waals surface area (Å²) in [6.45, 7) is 5.40. The fourth-order valence-corrected chi connectivity index (χ4v) is 5.15. The number of anilines is 1. The Kier molecular flexibility index (Phi) is 8.90. The lowest BCUT2D eigenvalue weighted by molar-refractivity contribution is -0.145. The molecule has 0 radical (unpaired) electrons. The number of hydrogen-bond donors (Lipinski definition) is 2. The summed E-state index contributed by atoms with van der Waals surface area (Å²) in [5.41, 5.74) is 4.53. The molecule has 0 spiro atoms. The monoisotopic (exact) mass is 504 g/mol. The average Bonchev–Trinajstić information content (AvgIpc) is 3.55. The molecule has 2 N–H and O–H groups in total. The number of nitrogens with zero attached hydrogens (tertiary/aromatic N) is 5. The number of rotatable bonds is 10. The van der Waals surface area contributed by atoms with E-state index in [2.05, 4.69) is 28.4 Å². The quantitative estimate of drug-likeness (QED) is 0.507. The molecule has 9 heteroatoms. The van der Waals surface area contributed by atoms with Crippen LogP contribution in [0.4, 0.5) is 5.69 Å². The van der Waals surface area contributed by atoms with Crippen molar-refractivity contribution in [3.8, 4) is 6.07 Å². The molecule has 1 fully saturated rings. The highest BCUT2D eigenvalue weighted by Crippen LogP contribution is 2.24. The van der Waals surface area contributed by atoms with Crippen molar-refractivity contribution in [2.75, 3.05) is 51.3 Å². The SMILES string of the molecule is Cc1ccc(C#N)cc1N(CCN1CCC[C@@H]1CO)C(=O)CNCC(=O)N(C)N1Cc2ccccc2C1. The molecule has 1 saturated heterocycles. The van der Waals surface area contributed by atoms with Crippen molar-refractivity contribution in [2.24, 2.45) is 0 Å². The Balaban J connectivity index is 1.37. The maximum atomic E-state index is 13.4. The number of nitrogens with one attached hydrogen (secondary N) is 1. The van der Waals surface area contributed by atoms with E-state index in [9.17, 15) is 20.0 Å². The van der Waals surface area contributed by atoms with Crippen LogP contribution in [0.5, 0.6) is 0 Å². The van der Waals surface area contributed by atoms with Gasteiger partial charge < -0.3 is 10.0 Å². The smallest absolute Gasteiger partial charge is 0.250 e. The number of amides is 2. The summed E-state index contributed by atoms with van der Waals surface area (Å²) in [4.78, 5) is 30.1. The summed E-state index contributed by atoms with van der Waals surface area (Å²) in [5, 5.41) is 25.7. The van der Waals surface area contributed by atoms with Crippen molar-refractivity contribution < 1.29 is 14.7 Å². The zero-order valence-corrected chi connectivity index (χ0v) is 21.7. The molecule has 1 atom stereocenters. The van der Waals surface area contributed by atoms with Gasteiger partial charge in [0.1, 0.15) is 0 Å². The van der Waals surface area contributed by atoms with Gasteiger partial charge in [0.05, 0.1) is 31.3 Å². The highest BCUT2D eigenvalue weighted by Gasteiger charge is 2.27. The summed E-state index contributed by atoms with van der Waals surface area (Å²) in [6, 6.07) is 15.8. The third kappa shape index (κ3) is 6.35. The zero-order valence-electron chi connectivity index (χ0n) is 21.7. The number of hydrogen-bond acceptors (Lipinski definition) is 7. The van der Waals surface area contributed by atoms with E-state index >= 15 is 0 Å². The lowest BCUT2D eigenvalue weighted by atomic mass is 10.1. The van der Waals surface area contributed by atoms with Crippen LogP contribution >= 0.6 is 0 Å². The Morgan fingerprint density at radius 3 is 2.51 bits per heavy atom. The summed E-state index contributed by atoms with van der Waals surface area (Å²) in [7, 11) is 1.76. The van der Waals surface area contributed by atoms with E-state index in [4.69, 9.17) is 0 Å². The molecule has 0 aromatic heterocycles. The van der Waals surface area contributed by atoms with Gasteiger partial charge in [-0.25, -0.2) is 5.01 Å². The maximum absolute atomic E-state index is 13.4. The number of carbonyl (C=O) groups is 2. The van der Waals surface area contributed by atoms with Crippen LogP contribution in [-0.4, -0.2) is 84.3 Å². The Hall–Kier alpha value is -3.29. The first kappa shape index (κ1) is 26.8. The van der Waals surface area contributed by atoms with Crippen LogP contribution in [0.25, 0.3) is 0 Å². The first-order chi connectivity index (χ1) is 17.9. The standard InChI is InChI=1S/C28H36N6O3/c1-21-9-10-22(15-29)14-26(21)34(13-12-32-11-5-8-25(32)20-35)28(37)17-30-16-27(36)31(2)33-18-23-6-3-4-7-24(23)19-33/h3-4,6-7,9-10,14,25,30,35H,5,8,11-13,16-20H2,1-2H3/t25-/m1/s1. The zero-order chi connectivity index (χ0) is 26.4. The predicted octanol–water partition coefficient (Wildman–Crippen LogP) is 1.64. The molecule has 37 heavy (non-hydrogen) atoms. The third-order valence-electron chi connectivity index (χ3n) is 7.41. The average molecular weight is 505 g/mol. The second kappa shape index (κ2) is 12.3. The molecular formula is C28H36N6O3. The maximum Gasteiger partial charge on any atom is 0.250 e. The minimum absolute atomic E-state index is 0.000540. The predicted molar refractivity (Wildman–Crippen MR) is 141 cm³/mol. The van der Waals surface area contributed by atoms with Crippen molar-refractivity contribution in [1.82, 2.24) is 20.2 Å². The molecule has 2 aliphatic heterocycles. The van der Waals surface area contributed by atoms with Crippen molar-refractivity contribution in [3.05, 3.63) is 64.7 Å². The minimum atomic E-state index is -0.165. The van der Waals surface area contributed by atoms with Crippen LogP contribution in [0, 0.1) is 18.3 Å². The molecule has 2 aliphatic rings. The van der Waals surface area contributed by atoms with E-state index in [0.29, 0.717) is 37.4 Å². The number of nitriles is 1. The van der Waals surface area contributed by atoms with E-state index in [1.165, 1.54) is 11.1 Å². The van der Waals surface area contributed by atoms with Crippen LogP contribution in [0.15, 0.2) is 42.5 Å². The van der Waals surface area contributed by atoms with Gasteiger partial charge in [-0.3, -0.25) is 24.8 Å². The number of fused-ring (bicyclic) bond motifs is 1. The van der Waals surface area contributed by atoms with Gasteiger partial charge in [0, 0.05) is 45.0 Å². The van der Waals surface area contributed by atoms with E-state index in [1.807, 2.05) is 30.1 Å². The minimum Gasteiger partial charge on any atom is -0.395 e. The summed E-state index contributed by atoms with van der Waals surface area (Å²) in [5.74, 6) is -0.278. The van der Waals surface area contributed by atoms with Gasteiger partial charge in [0.2, 0.25) is 5.91 Å². The molecule has 2 aromatic carbocycles. The number of carbonyl (C=O) groups excluding carboxylic acids is 2. The lowest BCUT2D eigenvalue weighted by Crippen LogP contribution is -2.48. The summed E-state index contributed by atoms with van der Waals surface area (Å²) >= 11 is 0. The summed E-state index contributed by atoms with van der Waals surface area (Å²) < 4.78 is 0. The molecule has 2 aromatic rings. The Morgan fingerprint density at radius 2 is 1.84 bits per heavy atom. The van der Waals surface area contributed by atoms with Crippen molar-refractivity contribution >= 4 is 17.5 Å². The van der Waals surface area contributed by atoms with Crippen molar-refractivity contribution in [1.29, 1.82) is 5.26 Å². The second-order valence-electron chi connectivity index (χ2n) is 9.79. The molecule has 2 amide bonds. The van der Waals surface area contributed by atoms with Crippen LogP contribution in [0.3, 0.4) is 0 Å². The van der Waals surface area contributed by atoms with Gasteiger partial charge in [0.25, 0.3) is 5.91 Å². The number of hydrazine groups is 1. The Bertz CT molecular complexity index is 1140. The number of likely N-dealkylation sites (tertiary alicyclic amines) is 1. The largest absolute Gasteiger partial charge is 0.395 e. The van der Waals surface area contributed by atoms with Crippen LogP contribution in [0.1, 0.15) is 35.1 Å². The van der Waals surface area contributed by atoms with Crippen molar-refractivity contribution in [2.45, 2.75) is 38.9 Å². The van der Waals surface area contributed by atoms with E-state index < -0.39 is 0 Å². The highest BCUT2D eigenvalue weighted by atomic mass is 16.3. The topological polar surface area (TPSA) is 103 Å². The molecule has 0 aliphatic carbocycles. The van der Waals surface area contributed by atoms with E-state index in [-0.39, 0.29) is 37.6 Å². The number of benzene rings is 2. The first-order valence-corrected chi connectivity index (χ1v) is 12.9. The molecule has 0 bridgehead atoms. The molecule has 0 unspecified atom stereocenters. The number of likely N-dealkylation sites (N-methyl/N-ethyl adjacent to an activating group) is 1. The van der Waals surface area contributed by atoms with Gasteiger partial charge >= 0.3 is 0 Å². The fraction of sp³-hybridized carbons (Fsp3) is 0.464. The lowest BCUT2D eigenvalue weighted by Gasteiger charge is -2.30. The molecule has 2 heterocycles. The Labute approximate surface area is 218 Å². The Morgan fingerprint density at radius 1 is 1.14 bits per heavy atom. The molecule has 4 rings (SSSR count). The van der Waals surface area contributed by atoms with Gasteiger partial charge in [-0.05, 0) is 55.1 Å². The van der Waals surface area contributed by atoms with Gasteiger partial charge in [-0.1, -0.05) is 30.3 Å². The van der Waals surface area contributed by atoms with Gasteiger partial charge in [-0.15, -0.1) is 0 Å². The third-order valence-corrected chi connectivity index (χ3v) is 7.41. The van der Waals surface area contributed by atoms with E-state index in [0.717, 1.165) is 24.9 Å². The van der Waals surface area contributed by atoms with Gasteiger partial charge in [0.15, 0.2) is 0 Å². The molecule has 0 saturated carbocycles. The number of aliphatic hydroxyl groups excluding tert-OH is 1. The summed E-state index contributed by atoms with van der Waals surface area (Å²) in [6.07, 6.45) is 1.98. The van der Waals surface area contributed by atoms with Crippen LogP contribution in [-0.2, 0) is 22.7 Å². The van der Waals surface area contributed by atoms with E-state index in [1.54, 1.807) is 29.1 Å². The van der Waals surface area contributed by atoms with Crippen LogP contribution in [0.2, 0.25) is 0 Å². The molecular weight excluding hydrogens is 468 g/mol. The van der Waals surface area contributed by atoms with Crippen LogP contribution < -0.4 is 10.2 Å². The number of aliphatic hydroxyl groups is 1. The van der Waals surface area contributed by atoms with Crippen molar-refractivity contribution in [3.63, 3.8) is 0 Å². The molecule has 196 valence electrons. The molecule has 9 nitrogen and oxygen atoms in total. The second-order valence-corrected chi connectivity index (χ2v) is 9.79. The fourth-order valence-electron chi connectivity index (χ4n) is 5.15. The number of aryl methyl sites for hydroxylation is 1.